The number of fused-ring (bicyclic) bond motifs is 1. The largest absolute Gasteiger partial charge is 0.345 e. The summed E-state index contributed by atoms with van der Waals surface area (Å²) in [5, 5.41) is 1.10. The second-order valence-corrected chi connectivity index (χ2v) is 7.37. The molecule has 1 aromatic carbocycles. The molecule has 0 spiro atoms. The van der Waals surface area contributed by atoms with E-state index in [0.29, 0.717) is 11.8 Å². The van der Waals surface area contributed by atoms with Gasteiger partial charge >= 0.3 is 0 Å². The molecule has 22 heavy (non-hydrogen) atoms. The maximum atomic E-state index is 12.3. The molecule has 116 valence electrons. The summed E-state index contributed by atoms with van der Waals surface area (Å²) in [6.07, 6.45) is 3.41. The Labute approximate surface area is 134 Å². The highest BCUT2D eigenvalue weighted by atomic mass is 32.1. The highest BCUT2D eigenvalue weighted by molar-refractivity contribution is 7.22. The van der Waals surface area contributed by atoms with Crippen molar-refractivity contribution in [1.29, 1.82) is 0 Å². The Morgan fingerprint density at radius 2 is 2.00 bits per heavy atom. The summed E-state index contributed by atoms with van der Waals surface area (Å²) < 4.78 is 1.25. The first-order valence-corrected chi connectivity index (χ1v) is 8.94. The van der Waals surface area contributed by atoms with Crippen LogP contribution in [0.3, 0.4) is 0 Å². The summed E-state index contributed by atoms with van der Waals surface area (Å²) in [5.74, 6) is 0.697. The normalized spacial score (nSPS) is 19.5. The van der Waals surface area contributed by atoms with Gasteiger partial charge in [0.05, 0.1) is 10.2 Å². The number of amides is 1. The predicted octanol–water partition coefficient (Wildman–Crippen LogP) is 3.05. The third-order valence-corrected chi connectivity index (χ3v) is 6.01. The Morgan fingerprint density at radius 3 is 2.64 bits per heavy atom. The molecule has 1 saturated heterocycles. The van der Waals surface area contributed by atoms with Gasteiger partial charge in [-0.05, 0) is 31.4 Å². The molecule has 5 heteroatoms. The first kappa shape index (κ1) is 14.0. The highest BCUT2D eigenvalue weighted by Crippen LogP contribution is 2.32. The van der Waals surface area contributed by atoms with Crippen LogP contribution in [0.25, 0.3) is 10.2 Å². The Hall–Kier alpha value is -1.62. The monoisotopic (exact) mass is 315 g/mol. The minimum Gasteiger partial charge on any atom is -0.345 e. The van der Waals surface area contributed by atoms with Gasteiger partial charge in [-0.3, -0.25) is 4.79 Å². The van der Waals surface area contributed by atoms with Crippen LogP contribution in [0.1, 0.15) is 24.8 Å². The first-order chi connectivity index (χ1) is 10.7. The van der Waals surface area contributed by atoms with E-state index < -0.39 is 0 Å². The molecule has 1 aliphatic carbocycles. The van der Waals surface area contributed by atoms with Crippen LogP contribution in [-0.4, -0.2) is 42.0 Å². The summed E-state index contributed by atoms with van der Waals surface area (Å²) in [5.41, 5.74) is 2.36. The zero-order valence-corrected chi connectivity index (χ0v) is 13.7. The number of aromatic nitrogens is 1. The van der Waals surface area contributed by atoms with Crippen LogP contribution in [0.5, 0.6) is 0 Å². The van der Waals surface area contributed by atoms with E-state index in [-0.39, 0.29) is 0 Å². The number of anilines is 1. The van der Waals surface area contributed by atoms with E-state index in [1.807, 2.05) is 0 Å². The van der Waals surface area contributed by atoms with Gasteiger partial charge < -0.3 is 9.80 Å². The van der Waals surface area contributed by atoms with Crippen molar-refractivity contribution < 1.29 is 4.79 Å². The maximum Gasteiger partial charge on any atom is 0.225 e. The molecular weight excluding hydrogens is 294 g/mol. The molecule has 4 rings (SSSR count). The lowest BCUT2D eigenvalue weighted by Crippen LogP contribution is -2.51. The van der Waals surface area contributed by atoms with E-state index in [1.54, 1.807) is 11.3 Å². The predicted molar refractivity (Wildman–Crippen MR) is 90.5 cm³/mol. The van der Waals surface area contributed by atoms with Crippen LogP contribution in [0.2, 0.25) is 0 Å². The van der Waals surface area contributed by atoms with Gasteiger partial charge in [0.1, 0.15) is 0 Å². The van der Waals surface area contributed by atoms with E-state index in [2.05, 4.69) is 34.9 Å². The Bertz CT molecular complexity index is 699. The average Bonchev–Trinajstić information content (AvgIpc) is 2.91. The molecule has 2 aromatic rings. The Balaban J connectivity index is 1.46. The second kappa shape index (κ2) is 5.54. The lowest BCUT2D eigenvalue weighted by Gasteiger charge is -2.38. The van der Waals surface area contributed by atoms with Crippen molar-refractivity contribution >= 4 is 32.6 Å². The number of thiazole rings is 1. The highest BCUT2D eigenvalue weighted by Gasteiger charge is 2.31. The number of carbonyl (C=O) groups is 1. The minimum absolute atomic E-state index is 0.316. The van der Waals surface area contributed by atoms with Crippen LogP contribution in [-0.2, 0) is 4.79 Å². The van der Waals surface area contributed by atoms with E-state index in [9.17, 15) is 4.79 Å². The number of hydrogen-bond acceptors (Lipinski definition) is 4. The molecule has 2 heterocycles. The van der Waals surface area contributed by atoms with E-state index in [0.717, 1.165) is 49.7 Å². The van der Waals surface area contributed by atoms with Crippen LogP contribution in [0.15, 0.2) is 18.2 Å². The fourth-order valence-corrected chi connectivity index (χ4v) is 4.34. The molecule has 0 radical (unpaired) electrons. The van der Waals surface area contributed by atoms with Gasteiger partial charge in [-0.15, -0.1) is 0 Å². The van der Waals surface area contributed by atoms with Gasteiger partial charge in [0.25, 0.3) is 0 Å². The molecule has 0 unspecified atom stereocenters. The van der Waals surface area contributed by atoms with Crippen molar-refractivity contribution in [1.82, 2.24) is 9.88 Å². The molecule has 1 aromatic heterocycles. The molecule has 1 aliphatic heterocycles. The molecule has 1 saturated carbocycles. The summed E-state index contributed by atoms with van der Waals surface area (Å²) in [4.78, 5) is 21.5. The molecule has 0 bridgehead atoms. The van der Waals surface area contributed by atoms with Crippen LogP contribution in [0, 0.1) is 12.8 Å². The lowest BCUT2D eigenvalue weighted by molar-refractivity contribution is -0.138. The van der Waals surface area contributed by atoms with Crippen LogP contribution in [0.4, 0.5) is 5.13 Å². The zero-order chi connectivity index (χ0) is 15.1. The summed E-state index contributed by atoms with van der Waals surface area (Å²) >= 11 is 1.76. The minimum atomic E-state index is 0.316. The number of rotatable bonds is 2. The van der Waals surface area contributed by atoms with Gasteiger partial charge in [0.2, 0.25) is 5.91 Å². The first-order valence-electron chi connectivity index (χ1n) is 8.12. The standard InChI is InChI=1S/C17H21N3OS/c1-12-4-2-7-14-15(12)18-17(22-14)20-10-8-19(9-11-20)16(21)13-5-3-6-13/h2,4,7,13H,3,5-6,8-11H2,1H3. The molecule has 2 fully saturated rings. The fraction of sp³-hybridized carbons (Fsp3) is 0.529. The summed E-state index contributed by atoms with van der Waals surface area (Å²) in [6.45, 7) is 5.59. The fourth-order valence-electron chi connectivity index (χ4n) is 3.24. The van der Waals surface area contributed by atoms with Gasteiger partial charge in [-0.1, -0.05) is 29.9 Å². The van der Waals surface area contributed by atoms with E-state index in [4.69, 9.17) is 4.98 Å². The lowest BCUT2D eigenvalue weighted by atomic mass is 9.84. The zero-order valence-electron chi connectivity index (χ0n) is 12.9. The topological polar surface area (TPSA) is 36.4 Å². The van der Waals surface area contributed by atoms with Crippen molar-refractivity contribution in [3.8, 4) is 0 Å². The van der Waals surface area contributed by atoms with Crippen LogP contribution >= 0.6 is 11.3 Å². The third kappa shape index (κ3) is 2.37. The molecule has 0 atom stereocenters. The van der Waals surface area contributed by atoms with Crippen LogP contribution < -0.4 is 4.90 Å². The molecule has 0 N–H and O–H groups in total. The molecule has 1 amide bonds. The SMILES string of the molecule is Cc1cccc2sc(N3CCN(C(=O)C4CCC4)CC3)nc12. The maximum absolute atomic E-state index is 12.3. The molecular formula is C17H21N3OS. The number of piperazine rings is 1. The quantitative estimate of drug-likeness (QED) is 0.854. The Morgan fingerprint density at radius 1 is 1.23 bits per heavy atom. The van der Waals surface area contributed by atoms with E-state index in [1.165, 1.54) is 16.7 Å². The van der Waals surface area contributed by atoms with E-state index >= 15 is 0 Å². The summed E-state index contributed by atoms with van der Waals surface area (Å²) in [7, 11) is 0. The number of benzene rings is 1. The Kier molecular flexibility index (Phi) is 3.53. The number of aryl methyl sites for hydroxylation is 1. The van der Waals surface area contributed by atoms with Gasteiger partial charge in [-0.2, -0.15) is 0 Å². The third-order valence-electron chi connectivity index (χ3n) is 4.93. The van der Waals surface area contributed by atoms with Crippen molar-refractivity contribution in [2.45, 2.75) is 26.2 Å². The average molecular weight is 315 g/mol. The van der Waals surface area contributed by atoms with Gasteiger partial charge in [0.15, 0.2) is 5.13 Å². The smallest absolute Gasteiger partial charge is 0.225 e. The van der Waals surface area contributed by atoms with Crippen molar-refractivity contribution in [2.75, 3.05) is 31.1 Å². The number of hydrogen-bond donors (Lipinski definition) is 0. The van der Waals surface area contributed by atoms with Gasteiger partial charge in [-0.25, -0.2) is 4.98 Å². The number of nitrogens with zero attached hydrogens (tertiary/aromatic N) is 3. The van der Waals surface area contributed by atoms with Crippen molar-refractivity contribution in [2.24, 2.45) is 5.92 Å². The summed E-state index contributed by atoms with van der Waals surface area (Å²) in [6, 6.07) is 6.34. The number of carbonyl (C=O) groups excluding carboxylic acids is 1. The van der Waals surface area contributed by atoms with Crippen molar-refractivity contribution in [3.05, 3.63) is 23.8 Å². The number of para-hydroxylation sites is 1. The van der Waals surface area contributed by atoms with Gasteiger partial charge in [0, 0.05) is 32.1 Å². The molecule has 4 nitrogen and oxygen atoms in total. The second-order valence-electron chi connectivity index (χ2n) is 6.36. The molecule has 2 aliphatic rings. The van der Waals surface area contributed by atoms with Crippen molar-refractivity contribution in [3.63, 3.8) is 0 Å².